The first-order valence-electron chi connectivity index (χ1n) is 6.08. The molecular weight excluding hydrogens is 277 g/mol. The van der Waals surface area contributed by atoms with E-state index in [2.05, 4.69) is 5.16 Å². The summed E-state index contributed by atoms with van der Waals surface area (Å²) < 4.78 is 14.2. The molecule has 0 bridgehead atoms. The number of nitrogens with two attached hydrogens (primary N) is 1. The van der Waals surface area contributed by atoms with Crippen LogP contribution in [0.5, 0.6) is 0 Å². The Morgan fingerprint density at radius 1 is 1.45 bits per heavy atom. The van der Waals surface area contributed by atoms with E-state index in [1.807, 2.05) is 36.4 Å². The Morgan fingerprint density at radius 3 is 2.75 bits per heavy atom. The average Bonchev–Trinajstić information content (AvgIpc) is 2.99. The lowest BCUT2D eigenvalue weighted by atomic mass is 10.1. The molecule has 0 saturated carbocycles. The number of rotatable bonds is 4. The van der Waals surface area contributed by atoms with E-state index in [0.29, 0.717) is 11.3 Å². The first-order chi connectivity index (χ1) is 9.54. The van der Waals surface area contributed by atoms with E-state index in [0.717, 1.165) is 4.88 Å². The van der Waals surface area contributed by atoms with E-state index in [1.54, 1.807) is 23.5 Å². The minimum Gasteiger partial charge on any atom is -0.409 e. The fourth-order valence-electron chi connectivity index (χ4n) is 1.94. The van der Waals surface area contributed by atoms with Crippen LogP contribution in [0.1, 0.15) is 23.4 Å². The van der Waals surface area contributed by atoms with E-state index in [9.17, 15) is 4.39 Å². The summed E-state index contributed by atoms with van der Waals surface area (Å²) in [4.78, 5) is 3.02. The smallest absolute Gasteiger partial charge is 0.170 e. The summed E-state index contributed by atoms with van der Waals surface area (Å²) in [5.74, 6) is -0.510. The third kappa shape index (κ3) is 2.75. The van der Waals surface area contributed by atoms with E-state index in [-0.39, 0.29) is 11.9 Å². The third-order valence-electron chi connectivity index (χ3n) is 3.27. The molecule has 0 aliphatic rings. The quantitative estimate of drug-likeness (QED) is 0.394. The Labute approximate surface area is 120 Å². The summed E-state index contributed by atoms with van der Waals surface area (Å²) in [5, 5.41) is 13.5. The molecule has 1 aromatic heterocycles. The minimum atomic E-state index is -0.403. The molecule has 0 aliphatic carbocycles. The summed E-state index contributed by atoms with van der Waals surface area (Å²) in [5.41, 5.74) is 6.27. The van der Waals surface area contributed by atoms with Crippen molar-refractivity contribution in [2.45, 2.75) is 13.0 Å². The van der Waals surface area contributed by atoms with Gasteiger partial charge in [-0.15, -0.1) is 11.3 Å². The molecule has 0 saturated heterocycles. The first kappa shape index (κ1) is 14.3. The van der Waals surface area contributed by atoms with Gasteiger partial charge in [0.2, 0.25) is 0 Å². The number of hydrogen-bond acceptors (Lipinski definition) is 4. The zero-order valence-electron chi connectivity index (χ0n) is 11.2. The maximum Gasteiger partial charge on any atom is 0.170 e. The molecule has 0 radical (unpaired) electrons. The van der Waals surface area contributed by atoms with Gasteiger partial charge in [0, 0.05) is 17.5 Å². The van der Waals surface area contributed by atoms with E-state index in [4.69, 9.17) is 10.9 Å². The second-order valence-electron chi connectivity index (χ2n) is 4.45. The second-order valence-corrected chi connectivity index (χ2v) is 5.43. The Balaban J connectivity index is 2.29. The predicted molar refractivity (Wildman–Crippen MR) is 80.0 cm³/mol. The Hall–Kier alpha value is -2.08. The van der Waals surface area contributed by atoms with E-state index in [1.165, 1.54) is 6.07 Å². The van der Waals surface area contributed by atoms with Crippen molar-refractivity contribution in [3.63, 3.8) is 0 Å². The zero-order valence-corrected chi connectivity index (χ0v) is 12.1. The van der Waals surface area contributed by atoms with Gasteiger partial charge >= 0.3 is 0 Å². The Morgan fingerprint density at radius 2 is 2.20 bits per heavy atom. The normalized spacial score (nSPS) is 13.2. The molecule has 1 heterocycles. The number of amidine groups is 1. The van der Waals surface area contributed by atoms with Crippen molar-refractivity contribution in [2.75, 3.05) is 11.9 Å². The van der Waals surface area contributed by atoms with E-state index < -0.39 is 5.82 Å². The SMILES string of the molecule is CC(c1cccs1)N(C)c1ccc(C(N)=NO)cc1F. The van der Waals surface area contributed by atoms with Crippen molar-refractivity contribution >= 4 is 22.9 Å². The molecule has 2 rings (SSSR count). The summed E-state index contributed by atoms with van der Waals surface area (Å²) in [6, 6.07) is 8.59. The molecule has 0 fully saturated rings. The number of hydrogen-bond donors (Lipinski definition) is 2. The van der Waals surface area contributed by atoms with Crippen molar-refractivity contribution in [2.24, 2.45) is 10.9 Å². The lowest BCUT2D eigenvalue weighted by molar-refractivity contribution is 0.318. The summed E-state index contributed by atoms with van der Waals surface area (Å²) in [7, 11) is 1.84. The molecule has 4 nitrogen and oxygen atoms in total. The lowest BCUT2D eigenvalue weighted by Gasteiger charge is -2.26. The number of benzene rings is 1. The van der Waals surface area contributed by atoms with Gasteiger partial charge in [0.05, 0.1) is 11.7 Å². The van der Waals surface area contributed by atoms with Crippen molar-refractivity contribution in [3.05, 3.63) is 52.0 Å². The van der Waals surface area contributed by atoms with Crippen LogP contribution in [-0.4, -0.2) is 18.1 Å². The zero-order chi connectivity index (χ0) is 14.7. The fraction of sp³-hybridized carbons (Fsp3) is 0.214. The second kappa shape index (κ2) is 5.92. The number of nitrogens with zero attached hydrogens (tertiary/aromatic N) is 2. The minimum absolute atomic E-state index is 0.0687. The van der Waals surface area contributed by atoms with Crippen LogP contribution in [-0.2, 0) is 0 Å². The number of anilines is 1. The van der Waals surface area contributed by atoms with Crippen LogP contribution in [0.3, 0.4) is 0 Å². The summed E-state index contributed by atoms with van der Waals surface area (Å²) in [6.45, 7) is 2.02. The van der Waals surface area contributed by atoms with Crippen LogP contribution in [0.25, 0.3) is 0 Å². The highest BCUT2D eigenvalue weighted by atomic mass is 32.1. The summed E-state index contributed by atoms with van der Waals surface area (Å²) >= 11 is 1.64. The van der Waals surface area contributed by atoms with Gasteiger partial charge in [-0.25, -0.2) is 4.39 Å². The van der Waals surface area contributed by atoms with Crippen LogP contribution in [0.2, 0.25) is 0 Å². The van der Waals surface area contributed by atoms with Crippen molar-refractivity contribution in [3.8, 4) is 0 Å². The molecule has 0 aliphatic heterocycles. The molecule has 3 N–H and O–H groups in total. The number of halogens is 1. The monoisotopic (exact) mass is 293 g/mol. The fourth-order valence-corrected chi connectivity index (χ4v) is 2.76. The van der Waals surface area contributed by atoms with Gasteiger partial charge in [0.1, 0.15) is 5.82 Å². The van der Waals surface area contributed by atoms with Crippen molar-refractivity contribution in [1.82, 2.24) is 0 Å². The highest BCUT2D eigenvalue weighted by molar-refractivity contribution is 7.10. The molecule has 1 aromatic carbocycles. The Kier molecular flexibility index (Phi) is 4.24. The molecule has 6 heteroatoms. The maximum absolute atomic E-state index is 14.2. The Bertz CT molecular complexity index is 613. The highest BCUT2D eigenvalue weighted by Crippen LogP contribution is 2.30. The molecular formula is C14H16FN3OS. The highest BCUT2D eigenvalue weighted by Gasteiger charge is 2.17. The molecule has 1 unspecified atom stereocenters. The van der Waals surface area contributed by atoms with Crippen molar-refractivity contribution < 1.29 is 9.60 Å². The van der Waals surface area contributed by atoms with Crippen LogP contribution < -0.4 is 10.6 Å². The third-order valence-corrected chi connectivity index (χ3v) is 4.31. The molecule has 106 valence electrons. The topological polar surface area (TPSA) is 61.8 Å². The van der Waals surface area contributed by atoms with Gasteiger partial charge in [0.25, 0.3) is 0 Å². The van der Waals surface area contributed by atoms with Gasteiger partial charge < -0.3 is 15.8 Å². The molecule has 1 atom stereocenters. The van der Waals surface area contributed by atoms with Gasteiger partial charge in [-0.05, 0) is 36.6 Å². The average molecular weight is 293 g/mol. The van der Waals surface area contributed by atoms with Crippen LogP contribution in [0.4, 0.5) is 10.1 Å². The molecule has 20 heavy (non-hydrogen) atoms. The van der Waals surface area contributed by atoms with Gasteiger partial charge in [0.15, 0.2) is 5.84 Å². The van der Waals surface area contributed by atoms with Crippen molar-refractivity contribution in [1.29, 1.82) is 0 Å². The largest absolute Gasteiger partial charge is 0.409 e. The van der Waals surface area contributed by atoms with Crippen LogP contribution in [0.15, 0.2) is 40.9 Å². The first-order valence-corrected chi connectivity index (χ1v) is 6.96. The van der Waals surface area contributed by atoms with Gasteiger partial charge in [-0.1, -0.05) is 11.2 Å². The lowest BCUT2D eigenvalue weighted by Crippen LogP contribution is -2.22. The van der Waals surface area contributed by atoms with Crippen LogP contribution in [0, 0.1) is 5.82 Å². The molecule has 0 amide bonds. The van der Waals surface area contributed by atoms with Gasteiger partial charge in [-0.3, -0.25) is 0 Å². The molecule has 0 spiro atoms. The van der Waals surface area contributed by atoms with E-state index >= 15 is 0 Å². The molecule has 2 aromatic rings. The standard InChI is InChI=1S/C14H16FN3OS/c1-9(13-4-3-7-20-13)18(2)12-6-5-10(8-11(12)15)14(16)17-19/h3-9,19H,1-2H3,(H2,16,17). The predicted octanol–water partition coefficient (Wildman–Crippen LogP) is 3.18. The maximum atomic E-state index is 14.2. The van der Waals surface area contributed by atoms with Crippen LogP contribution >= 0.6 is 11.3 Å². The van der Waals surface area contributed by atoms with Gasteiger partial charge in [-0.2, -0.15) is 0 Å². The number of thiophene rings is 1. The summed E-state index contributed by atoms with van der Waals surface area (Å²) in [6.07, 6.45) is 0. The number of oxime groups is 1.